The number of hydrogen-bond donors (Lipinski definition) is 0. The predicted molar refractivity (Wildman–Crippen MR) is 105 cm³/mol. The predicted octanol–water partition coefficient (Wildman–Crippen LogP) is 2.15. The number of likely N-dealkylation sites (tertiary alicyclic amines) is 1. The van der Waals surface area contributed by atoms with Gasteiger partial charge in [0.1, 0.15) is 0 Å². The number of carbonyl (C=O) groups is 1. The van der Waals surface area contributed by atoms with Crippen LogP contribution in [0.3, 0.4) is 0 Å². The van der Waals surface area contributed by atoms with Crippen LogP contribution < -0.4 is 5.46 Å². The first-order chi connectivity index (χ1) is 12.1. The summed E-state index contributed by atoms with van der Waals surface area (Å²) >= 11 is 0. The smallest absolute Gasteiger partial charge is 0.399 e. The topological polar surface area (TPSA) is 42.0 Å². The molecular formula is C20H31BN2O3. The molecule has 1 aromatic carbocycles. The van der Waals surface area contributed by atoms with Crippen molar-refractivity contribution in [2.24, 2.45) is 0 Å². The summed E-state index contributed by atoms with van der Waals surface area (Å²) < 4.78 is 12.2. The largest absolute Gasteiger partial charge is 0.494 e. The highest BCUT2D eigenvalue weighted by Gasteiger charge is 2.51. The average Bonchev–Trinajstić information content (AvgIpc) is 2.81. The van der Waals surface area contributed by atoms with E-state index in [0.717, 1.165) is 31.4 Å². The van der Waals surface area contributed by atoms with Crippen molar-refractivity contribution in [2.45, 2.75) is 57.8 Å². The quantitative estimate of drug-likeness (QED) is 0.777. The maximum absolute atomic E-state index is 12.8. The van der Waals surface area contributed by atoms with Gasteiger partial charge in [-0.25, -0.2) is 0 Å². The molecular weight excluding hydrogens is 327 g/mol. The van der Waals surface area contributed by atoms with Crippen LogP contribution in [0.5, 0.6) is 0 Å². The highest BCUT2D eigenvalue weighted by atomic mass is 16.7. The minimum Gasteiger partial charge on any atom is -0.399 e. The Hall–Kier alpha value is -1.37. The lowest BCUT2D eigenvalue weighted by Crippen LogP contribution is -2.47. The molecule has 0 radical (unpaired) electrons. The zero-order valence-corrected chi connectivity index (χ0v) is 16.9. The molecule has 0 aliphatic carbocycles. The lowest BCUT2D eigenvalue weighted by atomic mass is 9.79. The van der Waals surface area contributed by atoms with Gasteiger partial charge in [-0.2, -0.15) is 0 Å². The summed E-state index contributed by atoms with van der Waals surface area (Å²) in [7, 11) is 3.63. The maximum atomic E-state index is 12.8. The van der Waals surface area contributed by atoms with Crippen LogP contribution in [0, 0.1) is 0 Å². The molecule has 2 aliphatic heterocycles. The summed E-state index contributed by atoms with van der Waals surface area (Å²) in [6.45, 7) is 10.2. The molecule has 1 amide bonds. The van der Waals surface area contributed by atoms with Gasteiger partial charge >= 0.3 is 7.12 Å². The highest BCUT2D eigenvalue weighted by Crippen LogP contribution is 2.36. The van der Waals surface area contributed by atoms with Crippen LogP contribution in [0.1, 0.15) is 50.9 Å². The fourth-order valence-corrected chi connectivity index (χ4v) is 3.59. The molecule has 0 saturated carbocycles. The maximum Gasteiger partial charge on any atom is 0.494 e. The van der Waals surface area contributed by atoms with E-state index in [9.17, 15) is 4.79 Å². The first kappa shape index (κ1) is 19.4. The average molecular weight is 358 g/mol. The standard InChI is InChI=1S/C20H31BN2O3/c1-19(2)20(3,4)26-21(25-19)16-11-9-15(10-12-16)18(24)23(6)17-8-7-13-22(5)14-17/h9-12,17H,7-8,13-14H2,1-6H3. The van der Waals surface area contributed by atoms with Crippen molar-refractivity contribution < 1.29 is 14.1 Å². The highest BCUT2D eigenvalue weighted by molar-refractivity contribution is 6.62. The van der Waals surface area contributed by atoms with E-state index in [1.807, 2.05) is 63.9 Å². The van der Waals surface area contributed by atoms with E-state index in [-0.39, 0.29) is 23.2 Å². The van der Waals surface area contributed by atoms with Gasteiger partial charge in [0.05, 0.1) is 11.2 Å². The van der Waals surface area contributed by atoms with Crippen molar-refractivity contribution in [3.05, 3.63) is 29.8 Å². The molecule has 2 saturated heterocycles. The van der Waals surface area contributed by atoms with Crippen molar-refractivity contribution in [2.75, 3.05) is 27.2 Å². The van der Waals surface area contributed by atoms with Crippen LogP contribution in [0.4, 0.5) is 0 Å². The van der Waals surface area contributed by atoms with Crippen molar-refractivity contribution >= 4 is 18.5 Å². The SMILES string of the molecule is CN1CCCC(N(C)C(=O)c2ccc(B3OC(C)(C)C(C)(C)O3)cc2)C1. The van der Waals surface area contributed by atoms with E-state index in [1.165, 1.54) is 0 Å². The summed E-state index contributed by atoms with van der Waals surface area (Å²) in [6, 6.07) is 7.92. The molecule has 2 fully saturated rings. The number of likely N-dealkylation sites (N-methyl/N-ethyl adjacent to an activating group) is 2. The molecule has 5 nitrogen and oxygen atoms in total. The van der Waals surface area contributed by atoms with E-state index in [1.54, 1.807) is 0 Å². The van der Waals surface area contributed by atoms with Gasteiger partial charge in [-0.1, -0.05) is 12.1 Å². The van der Waals surface area contributed by atoms with Crippen LogP contribution in [-0.2, 0) is 9.31 Å². The minimum atomic E-state index is -0.395. The van der Waals surface area contributed by atoms with Crippen LogP contribution in [-0.4, -0.2) is 67.3 Å². The summed E-state index contributed by atoms with van der Waals surface area (Å²) in [4.78, 5) is 17.0. The number of rotatable bonds is 3. The van der Waals surface area contributed by atoms with Crippen molar-refractivity contribution in [3.63, 3.8) is 0 Å². The van der Waals surface area contributed by atoms with Crippen LogP contribution in [0.15, 0.2) is 24.3 Å². The molecule has 0 aromatic heterocycles. The Morgan fingerprint density at radius 1 is 1.15 bits per heavy atom. The second-order valence-corrected chi connectivity index (χ2v) is 8.68. The zero-order chi connectivity index (χ0) is 19.1. The molecule has 2 aliphatic rings. The van der Waals surface area contributed by atoms with Crippen molar-refractivity contribution in [1.82, 2.24) is 9.80 Å². The second-order valence-electron chi connectivity index (χ2n) is 8.68. The first-order valence-corrected chi connectivity index (χ1v) is 9.52. The van der Waals surface area contributed by atoms with Gasteiger partial charge < -0.3 is 19.1 Å². The van der Waals surface area contributed by atoms with Gasteiger partial charge in [-0.3, -0.25) is 4.79 Å². The summed E-state index contributed by atoms with van der Waals surface area (Å²) in [5.41, 5.74) is 0.930. The summed E-state index contributed by atoms with van der Waals surface area (Å²) in [5, 5.41) is 0. The Morgan fingerprint density at radius 2 is 1.73 bits per heavy atom. The molecule has 3 rings (SSSR count). The number of amides is 1. The van der Waals surface area contributed by atoms with E-state index < -0.39 is 7.12 Å². The molecule has 1 aromatic rings. The minimum absolute atomic E-state index is 0.0748. The number of nitrogens with zero attached hydrogens (tertiary/aromatic N) is 2. The molecule has 0 N–H and O–H groups in total. The molecule has 6 heteroatoms. The lowest BCUT2D eigenvalue weighted by molar-refractivity contribution is 0.00578. The Kier molecular flexibility index (Phi) is 5.21. The number of benzene rings is 1. The van der Waals surface area contributed by atoms with Gasteiger partial charge in [0, 0.05) is 25.2 Å². The monoisotopic (exact) mass is 358 g/mol. The third-order valence-electron chi connectivity index (χ3n) is 6.15. The van der Waals surface area contributed by atoms with E-state index in [0.29, 0.717) is 5.56 Å². The van der Waals surface area contributed by atoms with Crippen molar-refractivity contribution in [3.8, 4) is 0 Å². The van der Waals surface area contributed by atoms with E-state index in [4.69, 9.17) is 9.31 Å². The van der Waals surface area contributed by atoms with Gasteiger partial charge in [0.25, 0.3) is 5.91 Å². The number of piperidine rings is 1. The van der Waals surface area contributed by atoms with Crippen molar-refractivity contribution in [1.29, 1.82) is 0 Å². The molecule has 0 spiro atoms. The fraction of sp³-hybridized carbons (Fsp3) is 0.650. The zero-order valence-electron chi connectivity index (χ0n) is 16.9. The third-order valence-corrected chi connectivity index (χ3v) is 6.15. The van der Waals surface area contributed by atoms with Crippen LogP contribution in [0.2, 0.25) is 0 Å². The first-order valence-electron chi connectivity index (χ1n) is 9.52. The molecule has 1 unspecified atom stereocenters. The molecule has 26 heavy (non-hydrogen) atoms. The lowest BCUT2D eigenvalue weighted by Gasteiger charge is -2.35. The third kappa shape index (κ3) is 3.68. The Bertz CT molecular complexity index is 644. The van der Waals surface area contributed by atoms with Gasteiger partial charge in [0.2, 0.25) is 0 Å². The van der Waals surface area contributed by atoms with E-state index in [2.05, 4.69) is 11.9 Å². The molecule has 2 heterocycles. The fourth-order valence-electron chi connectivity index (χ4n) is 3.59. The van der Waals surface area contributed by atoms with E-state index >= 15 is 0 Å². The van der Waals surface area contributed by atoms with Gasteiger partial charge in [-0.05, 0) is 71.7 Å². The number of carbonyl (C=O) groups excluding carboxylic acids is 1. The van der Waals surface area contributed by atoms with Crippen LogP contribution >= 0.6 is 0 Å². The molecule has 1 atom stereocenters. The summed E-state index contributed by atoms with van der Waals surface area (Å²) in [5.74, 6) is 0.0748. The Morgan fingerprint density at radius 3 is 2.27 bits per heavy atom. The van der Waals surface area contributed by atoms with Gasteiger partial charge in [-0.15, -0.1) is 0 Å². The Labute approximate surface area is 157 Å². The summed E-state index contributed by atoms with van der Waals surface area (Å²) in [6.07, 6.45) is 2.21. The van der Waals surface area contributed by atoms with Crippen LogP contribution in [0.25, 0.3) is 0 Å². The molecule has 0 bridgehead atoms. The molecule has 142 valence electrons. The second kappa shape index (κ2) is 6.99. The Balaban J connectivity index is 1.69. The number of hydrogen-bond acceptors (Lipinski definition) is 4. The van der Waals surface area contributed by atoms with Gasteiger partial charge in [0.15, 0.2) is 0 Å². The normalized spacial score (nSPS) is 25.3.